The smallest absolute Gasteiger partial charge is 0.169 e. The molecular weight excluding hydrogens is 328 g/mol. The molecule has 1 aliphatic heterocycles. The van der Waals surface area contributed by atoms with E-state index < -0.39 is 0 Å². The lowest BCUT2D eigenvalue weighted by atomic mass is 9.97. The van der Waals surface area contributed by atoms with Crippen LogP contribution in [0.3, 0.4) is 0 Å². The molecule has 132 valence electrons. The van der Waals surface area contributed by atoms with Crippen LogP contribution in [-0.4, -0.2) is 26.6 Å². The summed E-state index contributed by atoms with van der Waals surface area (Å²) in [6.07, 6.45) is 7.16. The Balaban J connectivity index is 1.76. The number of pyridine rings is 1. The lowest BCUT2D eigenvalue weighted by Crippen LogP contribution is -2.25. The first-order valence-corrected chi connectivity index (χ1v) is 9.61. The summed E-state index contributed by atoms with van der Waals surface area (Å²) >= 11 is 5.57. The summed E-state index contributed by atoms with van der Waals surface area (Å²) in [5.41, 5.74) is 5.17. The van der Waals surface area contributed by atoms with Crippen molar-refractivity contribution in [2.24, 2.45) is 0 Å². The van der Waals surface area contributed by atoms with Crippen molar-refractivity contribution in [3.63, 3.8) is 0 Å². The maximum Gasteiger partial charge on any atom is 0.169 e. The van der Waals surface area contributed by atoms with Gasteiger partial charge < -0.3 is 14.8 Å². The van der Waals surface area contributed by atoms with Crippen LogP contribution in [0.15, 0.2) is 30.5 Å². The van der Waals surface area contributed by atoms with Crippen molar-refractivity contribution >= 4 is 17.3 Å². The van der Waals surface area contributed by atoms with Crippen LogP contribution in [0.1, 0.15) is 66.5 Å². The van der Waals surface area contributed by atoms with Crippen LogP contribution >= 0.6 is 12.2 Å². The Bertz CT molecular complexity index is 776. The molecular formula is C20H26N4S. The van der Waals surface area contributed by atoms with Crippen molar-refractivity contribution in [2.45, 2.75) is 57.7 Å². The van der Waals surface area contributed by atoms with Crippen LogP contribution in [0, 0.1) is 13.8 Å². The molecule has 0 unspecified atom stereocenters. The van der Waals surface area contributed by atoms with Crippen LogP contribution in [0.5, 0.6) is 0 Å². The van der Waals surface area contributed by atoms with Gasteiger partial charge in [0.15, 0.2) is 5.11 Å². The van der Waals surface area contributed by atoms with Crippen molar-refractivity contribution in [1.82, 2.24) is 19.8 Å². The minimum atomic E-state index is 0.0937. The van der Waals surface area contributed by atoms with Crippen molar-refractivity contribution in [2.75, 3.05) is 7.05 Å². The third kappa shape index (κ3) is 2.74. The Labute approximate surface area is 155 Å². The molecule has 0 radical (unpaired) electrons. The average molecular weight is 355 g/mol. The second-order valence-corrected chi connectivity index (χ2v) is 7.76. The zero-order valence-corrected chi connectivity index (χ0v) is 16.0. The molecule has 2 atom stereocenters. The zero-order valence-electron chi connectivity index (χ0n) is 15.2. The minimum absolute atomic E-state index is 0.0937. The van der Waals surface area contributed by atoms with E-state index in [0.717, 1.165) is 10.8 Å². The number of likely N-dealkylation sites (N-methyl/N-ethyl adjacent to an activating group) is 1. The molecule has 4 nitrogen and oxygen atoms in total. The van der Waals surface area contributed by atoms with Gasteiger partial charge in [-0.05, 0) is 62.7 Å². The molecule has 3 heterocycles. The predicted octanol–water partition coefficient (Wildman–Crippen LogP) is 4.22. The number of hydrogen-bond donors (Lipinski definition) is 1. The fourth-order valence-corrected chi connectivity index (χ4v) is 4.91. The summed E-state index contributed by atoms with van der Waals surface area (Å²) in [6, 6.07) is 9.39. The number of rotatable bonds is 3. The number of thiocarbonyl (C=S) groups is 1. The lowest BCUT2D eigenvalue weighted by molar-refractivity contribution is 0.365. The van der Waals surface area contributed by atoms with E-state index in [9.17, 15) is 0 Å². The molecule has 1 N–H and O–H groups in total. The highest BCUT2D eigenvalue weighted by molar-refractivity contribution is 7.80. The summed E-state index contributed by atoms with van der Waals surface area (Å²) in [6.45, 7) is 4.51. The van der Waals surface area contributed by atoms with Crippen LogP contribution < -0.4 is 5.32 Å². The number of nitrogens with zero attached hydrogens (tertiary/aromatic N) is 3. The van der Waals surface area contributed by atoms with Crippen molar-refractivity contribution < 1.29 is 0 Å². The highest BCUT2D eigenvalue weighted by Gasteiger charge is 2.39. The van der Waals surface area contributed by atoms with Crippen LogP contribution in [-0.2, 0) is 0 Å². The molecule has 2 fully saturated rings. The summed E-state index contributed by atoms with van der Waals surface area (Å²) in [5, 5.41) is 4.28. The van der Waals surface area contributed by atoms with Gasteiger partial charge in [0, 0.05) is 30.7 Å². The van der Waals surface area contributed by atoms with Crippen molar-refractivity contribution in [3.05, 3.63) is 53.1 Å². The van der Waals surface area contributed by atoms with Crippen LogP contribution in [0.25, 0.3) is 0 Å². The van der Waals surface area contributed by atoms with Gasteiger partial charge >= 0.3 is 0 Å². The first-order valence-electron chi connectivity index (χ1n) is 9.20. The highest BCUT2D eigenvalue weighted by Crippen LogP contribution is 2.42. The summed E-state index contributed by atoms with van der Waals surface area (Å²) < 4.78 is 2.56. The molecule has 25 heavy (non-hydrogen) atoms. The second kappa shape index (κ2) is 6.45. The second-order valence-electron chi connectivity index (χ2n) is 7.37. The quantitative estimate of drug-likeness (QED) is 0.837. The first-order chi connectivity index (χ1) is 12.1. The van der Waals surface area contributed by atoms with Gasteiger partial charge in [-0.2, -0.15) is 0 Å². The number of hydrogen-bond acceptors (Lipinski definition) is 2. The van der Waals surface area contributed by atoms with Crippen LogP contribution in [0.4, 0.5) is 0 Å². The van der Waals surface area contributed by atoms with E-state index in [-0.39, 0.29) is 12.1 Å². The van der Waals surface area contributed by atoms with E-state index in [1.807, 2.05) is 18.3 Å². The predicted molar refractivity (Wildman–Crippen MR) is 105 cm³/mol. The van der Waals surface area contributed by atoms with Gasteiger partial charge in [-0.25, -0.2) is 0 Å². The van der Waals surface area contributed by atoms with Crippen molar-refractivity contribution in [3.8, 4) is 0 Å². The van der Waals surface area contributed by atoms with E-state index in [1.165, 1.54) is 42.6 Å². The Kier molecular flexibility index (Phi) is 4.28. The topological polar surface area (TPSA) is 33.1 Å². The molecule has 2 aromatic heterocycles. The van der Waals surface area contributed by atoms with E-state index in [2.05, 4.69) is 52.8 Å². The van der Waals surface area contributed by atoms with E-state index in [1.54, 1.807) is 0 Å². The van der Waals surface area contributed by atoms with Gasteiger partial charge in [0.1, 0.15) is 0 Å². The van der Waals surface area contributed by atoms with Gasteiger partial charge in [-0.1, -0.05) is 18.9 Å². The molecule has 0 bridgehead atoms. The van der Waals surface area contributed by atoms with E-state index in [4.69, 9.17) is 12.2 Å². The lowest BCUT2D eigenvalue weighted by Gasteiger charge is -2.25. The molecule has 0 amide bonds. The minimum Gasteiger partial charge on any atom is -0.352 e. The van der Waals surface area contributed by atoms with E-state index >= 15 is 0 Å². The number of aromatic nitrogens is 2. The molecule has 1 aliphatic carbocycles. The molecule has 4 rings (SSSR count). The number of aryl methyl sites for hydroxylation is 1. The summed E-state index contributed by atoms with van der Waals surface area (Å²) in [5.74, 6) is 0. The Morgan fingerprint density at radius 2 is 1.96 bits per heavy atom. The Hall–Kier alpha value is -1.88. The number of nitrogens with one attached hydrogen (secondary N) is 1. The molecule has 1 saturated heterocycles. The third-order valence-corrected chi connectivity index (χ3v) is 6.28. The Morgan fingerprint density at radius 1 is 1.20 bits per heavy atom. The Morgan fingerprint density at radius 3 is 2.64 bits per heavy atom. The molecule has 5 heteroatoms. The standard InChI is InChI=1S/C20H26N4S/c1-13-12-16(14(2)24(13)15-8-4-5-9-15)19-18(22-20(25)23(19)3)17-10-6-7-11-21-17/h6-7,10-12,15,18-19H,4-5,8-9H2,1-3H3,(H,22,25)/t18-,19+/m1/s1. The highest BCUT2D eigenvalue weighted by atomic mass is 32.1. The zero-order chi connectivity index (χ0) is 17.6. The van der Waals surface area contributed by atoms with Gasteiger partial charge in [0.2, 0.25) is 0 Å². The maximum absolute atomic E-state index is 5.57. The molecule has 0 spiro atoms. The average Bonchev–Trinajstić information content (AvgIpc) is 3.29. The maximum atomic E-state index is 5.57. The summed E-state index contributed by atoms with van der Waals surface area (Å²) in [4.78, 5) is 6.78. The van der Waals surface area contributed by atoms with Gasteiger partial charge in [0.25, 0.3) is 0 Å². The molecule has 0 aromatic carbocycles. The molecule has 1 saturated carbocycles. The molecule has 2 aliphatic rings. The van der Waals surface area contributed by atoms with Gasteiger partial charge in [-0.15, -0.1) is 0 Å². The van der Waals surface area contributed by atoms with Crippen LogP contribution in [0.2, 0.25) is 0 Å². The van der Waals surface area contributed by atoms with Gasteiger partial charge in [-0.3, -0.25) is 4.98 Å². The third-order valence-electron chi connectivity index (χ3n) is 5.87. The monoisotopic (exact) mass is 354 g/mol. The van der Waals surface area contributed by atoms with Gasteiger partial charge in [0.05, 0.1) is 17.8 Å². The van der Waals surface area contributed by atoms with E-state index in [0.29, 0.717) is 6.04 Å². The molecule has 2 aromatic rings. The van der Waals surface area contributed by atoms with Crippen molar-refractivity contribution in [1.29, 1.82) is 0 Å². The normalized spacial score (nSPS) is 24.1. The SMILES string of the molecule is Cc1cc([C@H]2[C@@H](c3ccccn3)NC(=S)N2C)c(C)n1C1CCCC1. The fraction of sp³-hybridized carbons (Fsp3) is 0.500. The summed E-state index contributed by atoms with van der Waals surface area (Å²) in [7, 11) is 2.09. The largest absolute Gasteiger partial charge is 0.352 e. The fourth-order valence-electron chi connectivity index (χ4n) is 4.67. The first kappa shape index (κ1) is 16.6.